The average molecular weight is 286 g/mol. The zero-order valence-corrected chi connectivity index (χ0v) is 11.7. The zero-order chi connectivity index (χ0) is 14.8. The minimum atomic E-state index is -0.758. The van der Waals surface area contributed by atoms with Crippen LogP contribution in [-0.4, -0.2) is 34.3 Å². The van der Waals surface area contributed by atoms with Gasteiger partial charge >= 0.3 is 5.97 Å². The SMILES string of the molecule is O=C(O)C1CCCN(c2nc3ccccc3cc2CO)C1. The summed E-state index contributed by atoms with van der Waals surface area (Å²) < 4.78 is 0. The number of rotatable bonds is 3. The highest BCUT2D eigenvalue weighted by Crippen LogP contribution is 2.28. The van der Waals surface area contributed by atoms with Crippen molar-refractivity contribution in [1.82, 2.24) is 4.98 Å². The van der Waals surface area contributed by atoms with Crippen molar-refractivity contribution in [1.29, 1.82) is 0 Å². The first-order chi connectivity index (χ1) is 10.2. The minimum Gasteiger partial charge on any atom is -0.481 e. The Kier molecular flexibility index (Phi) is 3.75. The van der Waals surface area contributed by atoms with Crippen LogP contribution in [-0.2, 0) is 11.4 Å². The summed E-state index contributed by atoms with van der Waals surface area (Å²) in [6.07, 6.45) is 1.53. The molecule has 1 saturated heterocycles. The summed E-state index contributed by atoms with van der Waals surface area (Å²) in [5.41, 5.74) is 1.61. The van der Waals surface area contributed by atoms with Gasteiger partial charge in [0, 0.05) is 24.0 Å². The van der Waals surface area contributed by atoms with E-state index >= 15 is 0 Å². The van der Waals surface area contributed by atoms with Gasteiger partial charge in [-0.1, -0.05) is 18.2 Å². The van der Waals surface area contributed by atoms with Crippen molar-refractivity contribution in [3.8, 4) is 0 Å². The molecule has 3 rings (SSSR count). The van der Waals surface area contributed by atoms with Crippen LogP contribution in [0.5, 0.6) is 0 Å². The van der Waals surface area contributed by atoms with Crippen molar-refractivity contribution in [2.45, 2.75) is 19.4 Å². The van der Waals surface area contributed by atoms with E-state index in [9.17, 15) is 15.0 Å². The topological polar surface area (TPSA) is 73.7 Å². The monoisotopic (exact) mass is 286 g/mol. The number of anilines is 1. The number of aliphatic hydroxyl groups excluding tert-OH is 1. The highest BCUT2D eigenvalue weighted by atomic mass is 16.4. The van der Waals surface area contributed by atoms with E-state index in [1.807, 2.05) is 35.2 Å². The van der Waals surface area contributed by atoms with Crippen LogP contribution in [0.1, 0.15) is 18.4 Å². The van der Waals surface area contributed by atoms with E-state index < -0.39 is 5.97 Å². The molecule has 1 aromatic heterocycles. The number of piperidine rings is 1. The lowest BCUT2D eigenvalue weighted by Gasteiger charge is -2.32. The number of para-hydroxylation sites is 1. The van der Waals surface area contributed by atoms with E-state index in [4.69, 9.17) is 0 Å². The van der Waals surface area contributed by atoms with Crippen LogP contribution < -0.4 is 4.90 Å². The summed E-state index contributed by atoms with van der Waals surface area (Å²) in [6.45, 7) is 1.14. The van der Waals surface area contributed by atoms with E-state index in [0.717, 1.165) is 29.4 Å². The lowest BCUT2D eigenvalue weighted by Crippen LogP contribution is -2.39. The Bertz CT molecular complexity index is 672. The molecule has 5 nitrogen and oxygen atoms in total. The standard InChI is InChI=1S/C16H18N2O3/c19-10-13-8-11-4-1-2-6-14(11)17-15(13)18-7-3-5-12(9-18)16(20)21/h1-2,4,6,8,12,19H,3,5,7,9-10H2,(H,20,21). The summed E-state index contributed by atoms with van der Waals surface area (Å²) in [7, 11) is 0. The first-order valence-corrected chi connectivity index (χ1v) is 7.16. The number of aromatic nitrogens is 1. The molecule has 0 spiro atoms. The summed E-state index contributed by atoms with van der Waals surface area (Å²) in [6, 6.07) is 9.68. The third-order valence-electron chi connectivity index (χ3n) is 4.02. The summed E-state index contributed by atoms with van der Waals surface area (Å²) in [5.74, 6) is -0.410. The highest BCUT2D eigenvalue weighted by Gasteiger charge is 2.27. The molecular weight excluding hydrogens is 268 g/mol. The van der Waals surface area contributed by atoms with E-state index in [1.54, 1.807) is 0 Å². The number of carbonyl (C=O) groups is 1. The van der Waals surface area contributed by atoms with Crippen LogP contribution in [0.15, 0.2) is 30.3 Å². The quantitative estimate of drug-likeness (QED) is 0.903. The molecule has 1 unspecified atom stereocenters. The number of aliphatic carboxylic acids is 1. The second-order valence-electron chi connectivity index (χ2n) is 5.45. The average Bonchev–Trinajstić information content (AvgIpc) is 2.53. The second kappa shape index (κ2) is 5.69. The van der Waals surface area contributed by atoms with Crippen molar-refractivity contribution < 1.29 is 15.0 Å². The molecule has 0 aliphatic carbocycles. The van der Waals surface area contributed by atoms with Gasteiger partial charge in [0.05, 0.1) is 18.0 Å². The second-order valence-corrected chi connectivity index (χ2v) is 5.45. The van der Waals surface area contributed by atoms with Crippen LogP contribution >= 0.6 is 0 Å². The molecular formula is C16H18N2O3. The van der Waals surface area contributed by atoms with Crippen molar-refractivity contribution in [2.75, 3.05) is 18.0 Å². The third kappa shape index (κ3) is 2.69. The number of aliphatic hydroxyl groups is 1. The Morgan fingerprint density at radius 3 is 2.95 bits per heavy atom. The number of carboxylic acids is 1. The van der Waals surface area contributed by atoms with Crippen LogP contribution in [0.4, 0.5) is 5.82 Å². The van der Waals surface area contributed by atoms with Gasteiger partial charge in [0.15, 0.2) is 0 Å². The van der Waals surface area contributed by atoms with Crippen molar-refractivity contribution >= 4 is 22.7 Å². The maximum absolute atomic E-state index is 11.2. The fourth-order valence-electron chi connectivity index (χ4n) is 2.91. The molecule has 1 aliphatic rings. The first-order valence-electron chi connectivity index (χ1n) is 7.16. The van der Waals surface area contributed by atoms with E-state index in [2.05, 4.69) is 4.98 Å². The molecule has 1 aliphatic heterocycles. The predicted octanol–water partition coefficient (Wildman–Crippen LogP) is 2.03. The van der Waals surface area contributed by atoms with Gasteiger partial charge in [0.25, 0.3) is 0 Å². The summed E-state index contributed by atoms with van der Waals surface area (Å²) in [4.78, 5) is 17.8. The Labute approximate surface area is 122 Å². The highest BCUT2D eigenvalue weighted by molar-refractivity contribution is 5.82. The predicted molar refractivity (Wildman–Crippen MR) is 80.2 cm³/mol. The Hall–Kier alpha value is -2.14. The first kappa shape index (κ1) is 13.8. The van der Waals surface area contributed by atoms with E-state index in [-0.39, 0.29) is 12.5 Å². The van der Waals surface area contributed by atoms with Gasteiger partial charge in [0.2, 0.25) is 0 Å². The van der Waals surface area contributed by atoms with Crippen LogP contribution in [0, 0.1) is 5.92 Å². The maximum Gasteiger partial charge on any atom is 0.308 e. The van der Waals surface area contributed by atoms with Gasteiger partial charge in [-0.15, -0.1) is 0 Å². The van der Waals surface area contributed by atoms with Crippen molar-refractivity contribution in [3.05, 3.63) is 35.9 Å². The Morgan fingerprint density at radius 1 is 1.38 bits per heavy atom. The molecule has 0 saturated carbocycles. The number of carboxylic acid groups (broad SMARTS) is 1. The van der Waals surface area contributed by atoms with Crippen molar-refractivity contribution in [2.24, 2.45) is 5.92 Å². The van der Waals surface area contributed by atoms with Gasteiger partial charge in [-0.3, -0.25) is 4.79 Å². The molecule has 0 radical (unpaired) electrons. The smallest absolute Gasteiger partial charge is 0.308 e. The molecule has 2 N–H and O–H groups in total. The molecule has 0 amide bonds. The third-order valence-corrected chi connectivity index (χ3v) is 4.02. The van der Waals surface area contributed by atoms with Crippen LogP contribution in [0.2, 0.25) is 0 Å². The molecule has 2 heterocycles. The largest absolute Gasteiger partial charge is 0.481 e. The molecule has 110 valence electrons. The number of pyridine rings is 1. The fraction of sp³-hybridized carbons (Fsp3) is 0.375. The van der Waals surface area contributed by atoms with E-state index in [0.29, 0.717) is 18.8 Å². The zero-order valence-electron chi connectivity index (χ0n) is 11.7. The van der Waals surface area contributed by atoms with Gasteiger partial charge in [-0.05, 0) is 25.0 Å². The van der Waals surface area contributed by atoms with Crippen molar-refractivity contribution in [3.63, 3.8) is 0 Å². The summed E-state index contributed by atoms with van der Waals surface area (Å²) in [5, 5.41) is 19.8. The lowest BCUT2D eigenvalue weighted by atomic mass is 9.98. The van der Waals surface area contributed by atoms with Crippen LogP contribution in [0.25, 0.3) is 10.9 Å². The molecule has 5 heteroatoms. The lowest BCUT2D eigenvalue weighted by molar-refractivity contribution is -0.141. The minimum absolute atomic E-state index is 0.0958. The van der Waals surface area contributed by atoms with E-state index in [1.165, 1.54) is 0 Å². The normalized spacial score (nSPS) is 18.9. The molecule has 0 bridgehead atoms. The van der Waals surface area contributed by atoms with Gasteiger partial charge in [-0.2, -0.15) is 0 Å². The van der Waals surface area contributed by atoms with Gasteiger partial charge in [0.1, 0.15) is 5.82 Å². The number of hydrogen-bond donors (Lipinski definition) is 2. The number of hydrogen-bond acceptors (Lipinski definition) is 4. The maximum atomic E-state index is 11.2. The number of benzene rings is 1. The number of nitrogens with zero attached hydrogens (tertiary/aromatic N) is 2. The Balaban J connectivity index is 2.00. The fourth-order valence-corrected chi connectivity index (χ4v) is 2.91. The molecule has 21 heavy (non-hydrogen) atoms. The molecule has 1 atom stereocenters. The molecule has 2 aromatic rings. The number of fused-ring (bicyclic) bond motifs is 1. The van der Waals surface area contributed by atoms with Gasteiger partial charge in [-0.25, -0.2) is 4.98 Å². The van der Waals surface area contributed by atoms with Crippen LogP contribution in [0.3, 0.4) is 0 Å². The molecule has 1 aromatic carbocycles. The summed E-state index contributed by atoms with van der Waals surface area (Å²) >= 11 is 0. The Morgan fingerprint density at radius 2 is 2.19 bits per heavy atom. The van der Waals surface area contributed by atoms with Gasteiger partial charge < -0.3 is 15.1 Å². The molecule has 1 fully saturated rings.